The number of nitrogens with two attached hydrogens (primary N) is 1. The Kier molecular flexibility index (Phi) is 7.41. The number of aryl methyl sites for hydroxylation is 1. The number of amides is 1. The van der Waals surface area contributed by atoms with Crippen LogP contribution in [0.2, 0.25) is 0 Å². The predicted octanol–water partition coefficient (Wildman–Crippen LogP) is 4.80. The number of aromatic nitrogens is 2. The molecule has 0 unspecified atom stereocenters. The highest BCUT2D eigenvalue weighted by Crippen LogP contribution is 2.43. The number of carbonyl (C=O) groups excluding carboxylic acids is 2. The first-order valence-corrected chi connectivity index (χ1v) is 12.7. The van der Waals surface area contributed by atoms with Gasteiger partial charge in [0.25, 0.3) is 5.91 Å². The Balaban J connectivity index is 1.52. The van der Waals surface area contributed by atoms with Gasteiger partial charge in [0.1, 0.15) is 22.1 Å². The summed E-state index contributed by atoms with van der Waals surface area (Å²) in [5.41, 5.74) is 3.40. The van der Waals surface area contributed by atoms with E-state index in [0.29, 0.717) is 29.7 Å². The van der Waals surface area contributed by atoms with E-state index in [0.717, 1.165) is 22.1 Å². The third-order valence-corrected chi connectivity index (χ3v) is 8.47. The van der Waals surface area contributed by atoms with E-state index in [1.54, 1.807) is 18.2 Å². The second-order valence-electron chi connectivity index (χ2n) is 9.84. The van der Waals surface area contributed by atoms with Gasteiger partial charge in [0.15, 0.2) is 5.60 Å². The molecule has 1 saturated carbocycles. The summed E-state index contributed by atoms with van der Waals surface area (Å²) in [5.74, 6) is -1.88. The molecule has 0 saturated heterocycles. The SMILES string of the molecule is CN(C)C1(Cc2ccccc2F)CCC(OC(=O)c2ccc(-c3cc(C(F)(F)F)n(C)n3)s2)(C(N)=O)CC1. The van der Waals surface area contributed by atoms with Gasteiger partial charge in [0, 0.05) is 12.6 Å². The third kappa shape index (κ3) is 5.32. The summed E-state index contributed by atoms with van der Waals surface area (Å²) < 4.78 is 60.3. The van der Waals surface area contributed by atoms with Crippen LogP contribution in [0.1, 0.15) is 46.6 Å². The van der Waals surface area contributed by atoms with Crippen LogP contribution in [0.3, 0.4) is 0 Å². The molecular formula is C26H28F4N4O3S. The van der Waals surface area contributed by atoms with Gasteiger partial charge in [0.2, 0.25) is 0 Å². The fourth-order valence-corrected chi connectivity index (χ4v) is 5.80. The average Bonchev–Trinajstić information content (AvgIpc) is 3.48. The number of alkyl halides is 3. The van der Waals surface area contributed by atoms with Gasteiger partial charge in [-0.25, -0.2) is 9.18 Å². The molecule has 1 aromatic carbocycles. The normalized spacial score (nSPS) is 22.0. The number of likely N-dealkylation sites (N-methyl/N-ethyl adjacent to an activating group) is 1. The number of ether oxygens (including phenoxy) is 1. The maximum Gasteiger partial charge on any atom is 0.433 e. The second-order valence-corrected chi connectivity index (χ2v) is 10.9. The van der Waals surface area contributed by atoms with Gasteiger partial charge >= 0.3 is 12.1 Å². The summed E-state index contributed by atoms with van der Waals surface area (Å²) in [7, 11) is 4.97. The van der Waals surface area contributed by atoms with Crippen LogP contribution in [-0.2, 0) is 29.2 Å². The number of esters is 1. The van der Waals surface area contributed by atoms with Crippen molar-refractivity contribution in [2.75, 3.05) is 14.1 Å². The van der Waals surface area contributed by atoms with E-state index >= 15 is 0 Å². The summed E-state index contributed by atoms with van der Waals surface area (Å²) in [6, 6.07) is 10.3. The highest BCUT2D eigenvalue weighted by Gasteiger charge is 2.50. The molecule has 0 radical (unpaired) electrons. The summed E-state index contributed by atoms with van der Waals surface area (Å²) in [5, 5.41) is 3.90. The second kappa shape index (κ2) is 10.1. The van der Waals surface area contributed by atoms with Crippen molar-refractivity contribution in [3.63, 3.8) is 0 Å². The maximum absolute atomic E-state index is 14.4. The van der Waals surface area contributed by atoms with Crippen LogP contribution in [0, 0.1) is 5.82 Å². The van der Waals surface area contributed by atoms with Crippen LogP contribution in [0.15, 0.2) is 42.5 Å². The molecule has 2 N–H and O–H groups in total. The first-order valence-electron chi connectivity index (χ1n) is 11.9. The first-order chi connectivity index (χ1) is 17.8. The molecule has 1 aliphatic rings. The molecule has 7 nitrogen and oxygen atoms in total. The van der Waals surface area contributed by atoms with Crippen molar-refractivity contribution in [3.05, 3.63) is 64.4 Å². The van der Waals surface area contributed by atoms with Gasteiger partial charge in [-0.2, -0.15) is 18.3 Å². The van der Waals surface area contributed by atoms with E-state index in [1.165, 1.54) is 25.2 Å². The fourth-order valence-electron chi connectivity index (χ4n) is 4.96. The van der Waals surface area contributed by atoms with Crippen LogP contribution in [0.25, 0.3) is 10.6 Å². The zero-order chi connectivity index (χ0) is 27.9. The first kappa shape index (κ1) is 27.8. The molecule has 0 aliphatic heterocycles. The van der Waals surface area contributed by atoms with Gasteiger partial charge in [-0.1, -0.05) is 18.2 Å². The number of halogens is 4. The van der Waals surface area contributed by atoms with Crippen molar-refractivity contribution < 1.29 is 31.9 Å². The molecule has 0 atom stereocenters. The Labute approximate surface area is 221 Å². The van der Waals surface area contributed by atoms with Gasteiger partial charge in [-0.3, -0.25) is 9.48 Å². The lowest BCUT2D eigenvalue weighted by molar-refractivity contribution is -0.144. The average molecular weight is 553 g/mol. The molecule has 12 heteroatoms. The lowest BCUT2D eigenvalue weighted by atomic mass is 9.70. The van der Waals surface area contributed by atoms with Crippen molar-refractivity contribution in [2.24, 2.45) is 12.8 Å². The van der Waals surface area contributed by atoms with E-state index < -0.39 is 34.9 Å². The van der Waals surface area contributed by atoms with Crippen molar-refractivity contribution in [1.82, 2.24) is 14.7 Å². The molecule has 2 heterocycles. The van der Waals surface area contributed by atoms with Gasteiger partial charge in [-0.15, -0.1) is 11.3 Å². The molecule has 204 valence electrons. The smallest absolute Gasteiger partial charge is 0.433 e. The number of nitrogens with zero attached hydrogens (tertiary/aromatic N) is 3. The van der Waals surface area contributed by atoms with Crippen LogP contribution in [-0.4, -0.2) is 51.8 Å². The highest BCUT2D eigenvalue weighted by molar-refractivity contribution is 7.17. The van der Waals surface area contributed by atoms with E-state index in [4.69, 9.17) is 10.5 Å². The molecule has 4 rings (SSSR count). The number of carbonyl (C=O) groups is 2. The summed E-state index contributed by atoms with van der Waals surface area (Å²) >= 11 is 0.914. The molecule has 1 fully saturated rings. The summed E-state index contributed by atoms with van der Waals surface area (Å²) in [6.45, 7) is 0. The zero-order valence-electron chi connectivity index (χ0n) is 21.1. The van der Waals surface area contributed by atoms with Crippen molar-refractivity contribution in [1.29, 1.82) is 0 Å². The van der Waals surface area contributed by atoms with Crippen LogP contribution >= 0.6 is 11.3 Å². The quantitative estimate of drug-likeness (QED) is 0.336. The Morgan fingerprint density at radius 3 is 2.34 bits per heavy atom. The molecule has 1 aliphatic carbocycles. The number of hydrogen-bond acceptors (Lipinski definition) is 6. The highest BCUT2D eigenvalue weighted by atomic mass is 32.1. The Morgan fingerprint density at radius 2 is 1.79 bits per heavy atom. The molecule has 38 heavy (non-hydrogen) atoms. The molecule has 1 amide bonds. The van der Waals surface area contributed by atoms with Crippen LogP contribution < -0.4 is 5.73 Å². The van der Waals surface area contributed by atoms with Crippen molar-refractivity contribution in [2.45, 2.75) is 49.4 Å². The number of benzene rings is 1. The lowest BCUT2D eigenvalue weighted by Gasteiger charge is -2.48. The monoisotopic (exact) mass is 552 g/mol. The zero-order valence-corrected chi connectivity index (χ0v) is 22.0. The number of rotatable bonds is 7. The molecule has 0 spiro atoms. The number of thiophene rings is 1. The Hall–Kier alpha value is -3.25. The minimum absolute atomic E-state index is 0.0649. The van der Waals surface area contributed by atoms with E-state index in [9.17, 15) is 27.2 Å². The maximum atomic E-state index is 14.4. The van der Waals surface area contributed by atoms with E-state index in [2.05, 4.69) is 5.10 Å². The van der Waals surface area contributed by atoms with E-state index in [-0.39, 0.29) is 29.2 Å². The third-order valence-electron chi connectivity index (χ3n) is 7.38. The fraction of sp³-hybridized carbons (Fsp3) is 0.423. The minimum atomic E-state index is -4.57. The van der Waals surface area contributed by atoms with Gasteiger partial charge < -0.3 is 15.4 Å². The lowest BCUT2D eigenvalue weighted by Crippen LogP contribution is -2.57. The summed E-state index contributed by atoms with van der Waals surface area (Å²) in [6.07, 6.45) is -3.01. The van der Waals surface area contributed by atoms with Crippen LogP contribution in [0.5, 0.6) is 0 Å². The number of hydrogen-bond donors (Lipinski definition) is 1. The Morgan fingerprint density at radius 1 is 1.13 bits per heavy atom. The molecule has 0 bridgehead atoms. The van der Waals surface area contributed by atoms with Crippen molar-refractivity contribution in [3.8, 4) is 10.6 Å². The van der Waals surface area contributed by atoms with Gasteiger partial charge in [0.05, 0.1) is 4.88 Å². The molecular weight excluding hydrogens is 524 g/mol. The van der Waals surface area contributed by atoms with E-state index in [1.807, 2.05) is 19.0 Å². The Bertz CT molecular complexity index is 1340. The predicted molar refractivity (Wildman–Crippen MR) is 134 cm³/mol. The number of primary amides is 1. The molecule has 2 aromatic heterocycles. The topological polar surface area (TPSA) is 90.4 Å². The van der Waals surface area contributed by atoms with Crippen LogP contribution in [0.4, 0.5) is 17.6 Å². The standard InChI is InChI=1S/C26H28F4N4O3S/c1-33(2)24(15-16-6-4-5-7-17(16)27)10-12-25(13-11-24,23(31)36)37-22(35)20-9-8-19(38-20)18-14-21(26(28,29)30)34(3)32-18/h4-9,14H,10-13,15H2,1-3H3,(H2,31,36). The largest absolute Gasteiger partial charge is 0.445 e. The van der Waals surface area contributed by atoms with Crippen molar-refractivity contribution >= 4 is 23.2 Å². The minimum Gasteiger partial charge on any atom is -0.445 e. The summed E-state index contributed by atoms with van der Waals surface area (Å²) in [4.78, 5) is 28.0. The van der Waals surface area contributed by atoms with Gasteiger partial charge in [-0.05, 0) is 76.0 Å². The molecule has 3 aromatic rings.